The van der Waals surface area contributed by atoms with Crippen molar-refractivity contribution in [3.8, 4) is 0 Å². The minimum Gasteiger partial charge on any atom is -0.211 e. The summed E-state index contributed by atoms with van der Waals surface area (Å²) >= 11 is 0. The number of isocyanates is 2. The van der Waals surface area contributed by atoms with Crippen LogP contribution in [-0.4, -0.2) is 24.7 Å². The van der Waals surface area contributed by atoms with Crippen molar-refractivity contribution in [2.45, 2.75) is 12.0 Å². The van der Waals surface area contributed by atoms with Crippen molar-refractivity contribution < 1.29 is 9.59 Å². The molecule has 0 saturated carbocycles. The van der Waals surface area contributed by atoms with Gasteiger partial charge in [0.25, 0.3) is 0 Å². The van der Waals surface area contributed by atoms with E-state index in [1.54, 1.807) is 6.08 Å². The van der Waals surface area contributed by atoms with Crippen LogP contribution >= 0.6 is 0 Å². The fourth-order valence-electron chi connectivity index (χ4n) is 2.38. The Morgan fingerprint density at radius 3 is 1.76 bits per heavy atom. The number of hydrogen-bond donors (Lipinski definition) is 0. The van der Waals surface area contributed by atoms with E-state index in [2.05, 4.69) is 9.98 Å². The third kappa shape index (κ3) is 3.83. The Morgan fingerprint density at radius 2 is 1.33 bits per heavy atom. The Kier molecular flexibility index (Phi) is 5.36. The standard InChI is InChI=1S/C17H14N2O2/c20-12-18-11-16(19-13-21)17(14-7-3-1-4-8-14)15-9-5-2-6-10-15/h1-10,16-17H,11H2. The predicted octanol–water partition coefficient (Wildman–Crippen LogP) is 2.86. The van der Waals surface area contributed by atoms with Gasteiger partial charge in [0, 0.05) is 5.92 Å². The van der Waals surface area contributed by atoms with Crippen LogP contribution in [0.25, 0.3) is 0 Å². The maximum Gasteiger partial charge on any atom is 0.235 e. The van der Waals surface area contributed by atoms with E-state index < -0.39 is 6.04 Å². The number of benzene rings is 2. The lowest BCUT2D eigenvalue weighted by Gasteiger charge is -2.22. The van der Waals surface area contributed by atoms with Gasteiger partial charge in [-0.15, -0.1) is 0 Å². The Bertz CT molecular complexity index is 618. The van der Waals surface area contributed by atoms with E-state index in [-0.39, 0.29) is 12.5 Å². The minimum absolute atomic E-state index is 0.104. The molecule has 2 aromatic rings. The van der Waals surface area contributed by atoms with E-state index in [4.69, 9.17) is 0 Å². The Balaban J connectivity index is 2.48. The van der Waals surface area contributed by atoms with E-state index in [0.717, 1.165) is 11.1 Å². The third-order valence-corrected chi connectivity index (χ3v) is 3.26. The largest absolute Gasteiger partial charge is 0.235 e. The summed E-state index contributed by atoms with van der Waals surface area (Å²) in [7, 11) is 0. The zero-order valence-electron chi connectivity index (χ0n) is 11.3. The summed E-state index contributed by atoms with van der Waals surface area (Å²) in [5, 5.41) is 0. The second-order valence-electron chi connectivity index (χ2n) is 4.52. The topological polar surface area (TPSA) is 58.9 Å². The average Bonchev–Trinajstić information content (AvgIpc) is 2.55. The summed E-state index contributed by atoms with van der Waals surface area (Å²) < 4.78 is 0. The zero-order valence-corrected chi connectivity index (χ0v) is 11.3. The highest BCUT2D eigenvalue weighted by atomic mass is 16.1. The first-order chi connectivity index (χ1) is 10.4. The summed E-state index contributed by atoms with van der Waals surface area (Å²) in [6.07, 6.45) is 3.08. The molecule has 4 heteroatoms. The molecular weight excluding hydrogens is 264 g/mol. The molecule has 0 heterocycles. The molecule has 0 aliphatic heterocycles. The molecule has 0 amide bonds. The predicted molar refractivity (Wildman–Crippen MR) is 79.6 cm³/mol. The molecule has 0 aliphatic carbocycles. The molecule has 0 bridgehead atoms. The molecular formula is C17H14N2O2. The third-order valence-electron chi connectivity index (χ3n) is 3.26. The smallest absolute Gasteiger partial charge is 0.211 e. The van der Waals surface area contributed by atoms with Crippen molar-refractivity contribution in [1.29, 1.82) is 0 Å². The number of nitrogens with zero attached hydrogens (tertiary/aromatic N) is 2. The van der Waals surface area contributed by atoms with Crippen LogP contribution in [-0.2, 0) is 9.59 Å². The molecule has 1 unspecified atom stereocenters. The van der Waals surface area contributed by atoms with Gasteiger partial charge in [-0.3, -0.25) is 0 Å². The van der Waals surface area contributed by atoms with Gasteiger partial charge in [0.15, 0.2) is 0 Å². The van der Waals surface area contributed by atoms with Crippen LogP contribution in [0, 0.1) is 0 Å². The molecule has 0 N–H and O–H groups in total. The average molecular weight is 278 g/mol. The Hall–Kier alpha value is -2.80. The summed E-state index contributed by atoms with van der Waals surface area (Å²) in [6.45, 7) is 0.104. The summed E-state index contributed by atoms with van der Waals surface area (Å²) in [6, 6.07) is 18.9. The van der Waals surface area contributed by atoms with Gasteiger partial charge in [0.05, 0.1) is 12.6 Å². The number of aliphatic imine (C=N–C) groups is 2. The number of carbonyl (C=O) groups excluding carboxylic acids is 2. The lowest BCUT2D eigenvalue weighted by Crippen LogP contribution is -2.21. The summed E-state index contributed by atoms with van der Waals surface area (Å²) in [5.41, 5.74) is 2.02. The Morgan fingerprint density at radius 1 is 0.810 bits per heavy atom. The normalized spacial score (nSPS) is 11.3. The molecule has 0 fully saturated rings. The van der Waals surface area contributed by atoms with Gasteiger partial charge in [-0.2, -0.15) is 4.99 Å². The van der Waals surface area contributed by atoms with Crippen molar-refractivity contribution in [2.24, 2.45) is 9.98 Å². The molecule has 2 aromatic carbocycles. The highest BCUT2D eigenvalue weighted by Crippen LogP contribution is 2.29. The lowest BCUT2D eigenvalue weighted by atomic mass is 9.85. The van der Waals surface area contributed by atoms with Crippen LogP contribution in [0.2, 0.25) is 0 Å². The molecule has 0 aliphatic rings. The van der Waals surface area contributed by atoms with Gasteiger partial charge in [0.1, 0.15) is 0 Å². The molecule has 21 heavy (non-hydrogen) atoms. The SMILES string of the molecule is O=C=NCC(N=C=O)C(c1ccccc1)c1ccccc1. The first-order valence-corrected chi connectivity index (χ1v) is 6.57. The van der Waals surface area contributed by atoms with Crippen LogP contribution in [0.15, 0.2) is 70.6 Å². The van der Waals surface area contributed by atoms with Crippen LogP contribution in [0.5, 0.6) is 0 Å². The molecule has 0 aromatic heterocycles. The Labute approximate surface area is 122 Å². The molecule has 1 atom stereocenters. The molecule has 2 rings (SSSR count). The highest BCUT2D eigenvalue weighted by molar-refractivity contribution is 5.40. The lowest BCUT2D eigenvalue weighted by molar-refractivity contribution is 0.540. The molecule has 4 nitrogen and oxygen atoms in total. The maximum absolute atomic E-state index is 10.7. The van der Waals surface area contributed by atoms with E-state index >= 15 is 0 Å². The van der Waals surface area contributed by atoms with E-state index in [1.807, 2.05) is 60.7 Å². The monoisotopic (exact) mass is 278 g/mol. The van der Waals surface area contributed by atoms with Gasteiger partial charge >= 0.3 is 0 Å². The van der Waals surface area contributed by atoms with Crippen molar-refractivity contribution in [3.63, 3.8) is 0 Å². The van der Waals surface area contributed by atoms with Gasteiger partial charge in [-0.25, -0.2) is 14.6 Å². The van der Waals surface area contributed by atoms with Crippen LogP contribution in [0.1, 0.15) is 17.0 Å². The quantitative estimate of drug-likeness (QED) is 0.602. The molecule has 0 radical (unpaired) electrons. The van der Waals surface area contributed by atoms with E-state index in [1.165, 1.54) is 6.08 Å². The van der Waals surface area contributed by atoms with Crippen LogP contribution in [0.3, 0.4) is 0 Å². The van der Waals surface area contributed by atoms with Gasteiger partial charge in [-0.05, 0) is 11.1 Å². The van der Waals surface area contributed by atoms with Crippen LogP contribution < -0.4 is 0 Å². The summed E-state index contributed by atoms with van der Waals surface area (Å²) in [5.74, 6) is -0.161. The first-order valence-electron chi connectivity index (χ1n) is 6.57. The number of hydrogen-bond acceptors (Lipinski definition) is 4. The van der Waals surface area contributed by atoms with E-state index in [0.29, 0.717) is 0 Å². The van der Waals surface area contributed by atoms with Crippen molar-refractivity contribution in [2.75, 3.05) is 6.54 Å². The van der Waals surface area contributed by atoms with Gasteiger partial charge in [-0.1, -0.05) is 60.7 Å². The fourth-order valence-corrected chi connectivity index (χ4v) is 2.38. The highest BCUT2D eigenvalue weighted by Gasteiger charge is 2.24. The molecule has 0 saturated heterocycles. The molecule has 0 spiro atoms. The van der Waals surface area contributed by atoms with Crippen molar-refractivity contribution >= 4 is 12.2 Å². The second-order valence-corrected chi connectivity index (χ2v) is 4.52. The van der Waals surface area contributed by atoms with Gasteiger partial charge < -0.3 is 0 Å². The first kappa shape index (κ1) is 14.6. The van der Waals surface area contributed by atoms with Gasteiger partial charge in [0.2, 0.25) is 12.2 Å². The van der Waals surface area contributed by atoms with Crippen molar-refractivity contribution in [1.82, 2.24) is 0 Å². The minimum atomic E-state index is -0.478. The van der Waals surface area contributed by atoms with Crippen LogP contribution in [0.4, 0.5) is 0 Å². The second kappa shape index (κ2) is 7.71. The van der Waals surface area contributed by atoms with Crippen molar-refractivity contribution in [3.05, 3.63) is 71.8 Å². The number of rotatable bonds is 6. The fraction of sp³-hybridized carbons (Fsp3) is 0.176. The molecule has 104 valence electrons. The summed E-state index contributed by atoms with van der Waals surface area (Å²) in [4.78, 5) is 28.5. The van der Waals surface area contributed by atoms with E-state index in [9.17, 15) is 9.59 Å². The zero-order chi connectivity index (χ0) is 14.9. The maximum atomic E-state index is 10.7.